The van der Waals surface area contributed by atoms with Crippen molar-refractivity contribution in [3.05, 3.63) is 0 Å². The lowest BCUT2D eigenvalue weighted by Crippen LogP contribution is -2.57. The Hall–Kier alpha value is -1.79. The monoisotopic (exact) mass is 354 g/mol. The summed E-state index contributed by atoms with van der Waals surface area (Å²) in [5, 5.41) is 9.53. The molecule has 0 aromatic heterocycles. The third-order valence-corrected chi connectivity index (χ3v) is 4.99. The minimum atomic E-state index is -0.970. The number of piperidine rings is 1. The molecule has 0 aliphatic carbocycles. The van der Waals surface area contributed by atoms with Crippen LogP contribution in [0, 0.1) is 11.3 Å². The van der Waals surface area contributed by atoms with Crippen LogP contribution in [0.4, 0.5) is 4.79 Å². The van der Waals surface area contributed by atoms with Gasteiger partial charge in [0, 0.05) is 19.6 Å². The molecule has 0 aromatic carbocycles. The zero-order valence-electron chi connectivity index (χ0n) is 15.9. The van der Waals surface area contributed by atoms with Crippen LogP contribution < -0.4 is 0 Å². The van der Waals surface area contributed by atoms with Crippen LogP contribution in [0.25, 0.3) is 0 Å². The number of carboxylic acid groups (broad SMARTS) is 1. The van der Waals surface area contributed by atoms with E-state index in [0.29, 0.717) is 32.5 Å². The van der Waals surface area contributed by atoms with E-state index in [4.69, 9.17) is 4.74 Å². The van der Waals surface area contributed by atoms with Gasteiger partial charge in [-0.05, 0) is 46.0 Å². The highest BCUT2D eigenvalue weighted by Crippen LogP contribution is 2.41. The number of hydrogen-bond donors (Lipinski definition) is 1. The second-order valence-electron chi connectivity index (χ2n) is 8.56. The molecule has 1 unspecified atom stereocenters. The molecule has 2 atom stereocenters. The Morgan fingerprint density at radius 2 is 1.84 bits per heavy atom. The summed E-state index contributed by atoms with van der Waals surface area (Å²) in [6.45, 7) is 10.3. The molecular formula is C18H30N2O5. The number of aliphatic carboxylic acids is 1. The predicted molar refractivity (Wildman–Crippen MR) is 92.1 cm³/mol. The van der Waals surface area contributed by atoms with Crippen LogP contribution in [0.1, 0.15) is 53.9 Å². The number of carbonyl (C=O) groups is 3. The number of rotatable bonds is 3. The summed E-state index contributed by atoms with van der Waals surface area (Å²) >= 11 is 0. The minimum absolute atomic E-state index is 0.133. The van der Waals surface area contributed by atoms with Crippen LogP contribution in [0.3, 0.4) is 0 Å². The maximum Gasteiger partial charge on any atom is 0.410 e. The van der Waals surface area contributed by atoms with E-state index in [1.165, 1.54) is 4.90 Å². The number of carboxylic acids is 1. The fraction of sp³-hybridized carbons (Fsp3) is 0.833. The Balaban J connectivity index is 2.15. The normalized spacial score (nSPS) is 25.6. The van der Waals surface area contributed by atoms with Crippen LogP contribution in [0.2, 0.25) is 0 Å². The molecule has 0 aromatic rings. The van der Waals surface area contributed by atoms with Gasteiger partial charge in [0.1, 0.15) is 11.6 Å². The lowest BCUT2D eigenvalue weighted by atomic mass is 9.77. The molecule has 142 valence electrons. The van der Waals surface area contributed by atoms with Crippen molar-refractivity contribution in [1.82, 2.24) is 9.80 Å². The molecule has 7 nitrogen and oxygen atoms in total. The van der Waals surface area contributed by atoms with Gasteiger partial charge in [-0.2, -0.15) is 0 Å². The zero-order chi connectivity index (χ0) is 19.0. The lowest BCUT2D eigenvalue weighted by molar-refractivity contribution is -0.160. The van der Waals surface area contributed by atoms with Gasteiger partial charge in [0.2, 0.25) is 5.91 Å². The number of hydrogen-bond acceptors (Lipinski definition) is 4. The van der Waals surface area contributed by atoms with Gasteiger partial charge in [0.25, 0.3) is 0 Å². The first-order valence-corrected chi connectivity index (χ1v) is 8.99. The number of ether oxygens (including phenoxy) is 1. The van der Waals surface area contributed by atoms with Gasteiger partial charge < -0.3 is 19.6 Å². The van der Waals surface area contributed by atoms with Crippen molar-refractivity contribution in [2.45, 2.75) is 65.5 Å². The second kappa shape index (κ2) is 6.84. The largest absolute Gasteiger partial charge is 0.480 e. The SMILES string of the molecule is CC(C)[C@@H](C(=O)O)N1CCCC2(CCN(C(=O)OC(C)(C)C)C2)C1=O. The zero-order valence-corrected chi connectivity index (χ0v) is 15.9. The topological polar surface area (TPSA) is 87.2 Å². The van der Waals surface area contributed by atoms with Gasteiger partial charge in [-0.1, -0.05) is 13.8 Å². The third kappa shape index (κ3) is 4.07. The molecule has 25 heavy (non-hydrogen) atoms. The Bertz CT molecular complexity index is 554. The summed E-state index contributed by atoms with van der Waals surface area (Å²) in [6, 6.07) is -0.819. The summed E-state index contributed by atoms with van der Waals surface area (Å²) in [6.07, 6.45) is 1.59. The highest BCUT2D eigenvalue weighted by Gasteiger charge is 2.52. The summed E-state index contributed by atoms with van der Waals surface area (Å²) in [4.78, 5) is 40.2. The molecule has 2 aliphatic heterocycles. The van der Waals surface area contributed by atoms with Crippen molar-refractivity contribution < 1.29 is 24.2 Å². The van der Waals surface area contributed by atoms with Crippen LogP contribution in [-0.4, -0.2) is 64.2 Å². The van der Waals surface area contributed by atoms with Crippen molar-refractivity contribution in [1.29, 1.82) is 0 Å². The summed E-state index contributed by atoms with van der Waals surface area (Å²) in [7, 11) is 0. The van der Waals surface area contributed by atoms with E-state index in [0.717, 1.165) is 6.42 Å². The molecule has 1 spiro atoms. The van der Waals surface area contributed by atoms with Crippen LogP contribution >= 0.6 is 0 Å². The number of nitrogens with zero attached hydrogens (tertiary/aromatic N) is 2. The Morgan fingerprint density at radius 1 is 1.20 bits per heavy atom. The molecule has 7 heteroatoms. The van der Waals surface area contributed by atoms with Crippen LogP contribution in [0.5, 0.6) is 0 Å². The van der Waals surface area contributed by atoms with Gasteiger partial charge in [-0.3, -0.25) is 4.79 Å². The fourth-order valence-corrected chi connectivity index (χ4v) is 3.88. The molecule has 2 saturated heterocycles. The summed E-state index contributed by atoms with van der Waals surface area (Å²) in [5.74, 6) is -1.27. The lowest BCUT2D eigenvalue weighted by Gasteiger charge is -2.42. The molecule has 2 rings (SSSR count). The minimum Gasteiger partial charge on any atom is -0.480 e. The number of amides is 2. The van der Waals surface area contributed by atoms with Gasteiger partial charge in [0.05, 0.1) is 5.41 Å². The Morgan fingerprint density at radius 3 is 2.36 bits per heavy atom. The average Bonchev–Trinajstić information content (AvgIpc) is 2.87. The average molecular weight is 354 g/mol. The van der Waals surface area contributed by atoms with Gasteiger partial charge >= 0.3 is 12.1 Å². The Kier molecular flexibility index (Phi) is 5.35. The van der Waals surface area contributed by atoms with Crippen LogP contribution in [0.15, 0.2) is 0 Å². The van der Waals surface area contributed by atoms with E-state index < -0.39 is 29.1 Å². The number of carbonyl (C=O) groups excluding carboxylic acids is 2. The van der Waals surface area contributed by atoms with Gasteiger partial charge in [-0.15, -0.1) is 0 Å². The second-order valence-corrected chi connectivity index (χ2v) is 8.56. The maximum atomic E-state index is 13.1. The van der Waals surface area contributed by atoms with Crippen molar-refractivity contribution in [2.24, 2.45) is 11.3 Å². The maximum absolute atomic E-state index is 13.1. The van der Waals surface area contributed by atoms with Gasteiger partial charge in [-0.25, -0.2) is 9.59 Å². The highest BCUT2D eigenvalue weighted by molar-refractivity contribution is 5.89. The first-order valence-electron chi connectivity index (χ1n) is 8.99. The van der Waals surface area contributed by atoms with Crippen molar-refractivity contribution in [3.8, 4) is 0 Å². The summed E-state index contributed by atoms with van der Waals surface area (Å²) in [5.41, 5.74) is -1.25. The first-order chi connectivity index (χ1) is 11.5. The van der Waals surface area contributed by atoms with Crippen molar-refractivity contribution in [2.75, 3.05) is 19.6 Å². The quantitative estimate of drug-likeness (QED) is 0.840. The first kappa shape index (κ1) is 19.5. The molecule has 0 bridgehead atoms. The molecular weight excluding hydrogens is 324 g/mol. The molecule has 2 fully saturated rings. The highest BCUT2D eigenvalue weighted by atomic mass is 16.6. The smallest absolute Gasteiger partial charge is 0.410 e. The Labute approximate surface area is 149 Å². The van der Waals surface area contributed by atoms with E-state index in [-0.39, 0.29) is 11.8 Å². The van der Waals surface area contributed by atoms with E-state index in [1.54, 1.807) is 4.90 Å². The fourth-order valence-electron chi connectivity index (χ4n) is 3.88. The third-order valence-electron chi connectivity index (χ3n) is 4.99. The van der Waals surface area contributed by atoms with E-state index in [2.05, 4.69) is 0 Å². The predicted octanol–water partition coefficient (Wildman–Crippen LogP) is 2.35. The van der Waals surface area contributed by atoms with E-state index in [9.17, 15) is 19.5 Å². The molecule has 1 N–H and O–H groups in total. The molecule has 2 heterocycles. The molecule has 2 amide bonds. The van der Waals surface area contributed by atoms with E-state index >= 15 is 0 Å². The molecule has 0 radical (unpaired) electrons. The number of likely N-dealkylation sites (tertiary alicyclic amines) is 2. The van der Waals surface area contributed by atoms with Gasteiger partial charge in [0.15, 0.2) is 0 Å². The molecule has 2 aliphatic rings. The van der Waals surface area contributed by atoms with E-state index in [1.807, 2.05) is 34.6 Å². The van der Waals surface area contributed by atoms with Crippen molar-refractivity contribution in [3.63, 3.8) is 0 Å². The molecule has 0 saturated carbocycles. The standard InChI is InChI=1S/C18H30N2O5/c1-12(2)13(14(21)22)20-9-6-7-18(15(20)23)8-10-19(11-18)16(24)25-17(3,4)5/h12-13H,6-11H2,1-5H3,(H,21,22)/t13-,18?/m0/s1. The van der Waals surface area contributed by atoms with Crippen LogP contribution in [-0.2, 0) is 14.3 Å². The summed E-state index contributed by atoms with van der Waals surface area (Å²) < 4.78 is 5.41. The van der Waals surface area contributed by atoms with Crippen molar-refractivity contribution >= 4 is 18.0 Å².